The largest absolute Gasteiger partial charge is 0.496 e. The van der Waals surface area contributed by atoms with Gasteiger partial charge in [0, 0.05) is 36.3 Å². The lowest BCUT2D eigenvalue weighted by Crippen LogP contribution is -2.44. The third-order valence-corrected chi connectivity index (χ3v) is 7.58. The Balaban J connectivity index is 1.31. The maximum Gasteiger partial charge on any atom is 0.130 e. The highest BCUT2D eigenvalue weighted by Crippen LogP contribution is 2.37. The Morgan fingerprint density at radius 2 is 1.69 bits per heavy atom. The van der Waals surface area contributed by atoms with Crippen molar-refractivity contribution in [2.45, 2.75) is 57.2 Å². The van der Waals surface area contributed by atoms with Crippen molar-refractivity contribution in [1.82, 2.24) is 10.6 Å². The average Bonchev–Trinajstić information content (AvgIpc) is 2.89. The summed E-state index contributed by atoms with van der Waals surface area (Å²) in [7, 11) is 7.05. The number of nitrogens with one attached hydrogen (secondary N) is 3. The van der Waals surface area contributed by atoms with Gasteiger partial charge in [0.05, 0.1) is 32.9 Å². The number of amidine groups is 1. The molecule has 7 heteroatoms. The molecule has 35 heavy (non-hydrogen) atoms. The Morgan fingerprint density at radius 1 is 1.00 bits per heavy atom. The van der Waals surface area contributed by atoms with Crippen molar-refractivity contribution in [2.75, 3.05) is 40.2 Å². The molecule has 0 radical (unpaired) electrons. The molecule has 0 spiro atoms. The summed E-state index contributed by atoms with van der Waals surface area (Å²) in [5, 5.41) is 10.7. The number of hydrogen-bond donors (Lipinski definition) is 3. The van der Waals surface area contributed by atoms with E-state index in [1.807, 2.05) is 19.2 Å². The van der Waals surface area contributed by atoms with Crippen LogP contribution in [0.3, 0.4) is 0 Å². The van der Waals surface area contributed by atoms with Gasteiger partial charge in [-0.2, -0.15) is 0 Å². The van der Waals surface area contributed by atoms with Crippen LogP contribution in [0, 0.1) is 5.92 Å². The quantitative estimate of drug-likeness (QED) is 0.483. The molecule has 190 valence electrons. The lowest BCUT2D eigenvalue weighted by molar-refractivity contribution is 0.312. The first kappa shape index (κ1) is 25.3. The Hall–Kier alpha value is -2.77. The molecule has 0 saturated heterocycles. The molecule has 1 heterocycles. The number of nitrogens with zero attached hydrogens (tertiary/aromatic N) is 1. The number of fused-ring (bicyclic) bond motifs is 1. The molecular formula is C28H40N4O3. The number of hydrogen-bond acceptors (Lipinski definition) is 6. The summed E-state index contributed by atoms with van der Waals surface area (Å²) in [5.74, 6) is 4.05. The molecule has 3 N–H and O–H groups in total. The van der Waals surface area contributed by atoms with Crippen LogP contribution in [0.1, 0.15) is 50.2 Å². The molecule has 7 nitrogen and oxygen atoms in total. The summed E-state index contributed by atoms with van der Waals surface area (Å²) in [5.41, 5.74) is 3.40. The number of benzene rings is 2. The first-order valence-corrected chi connectivity index (χ1v) is 12.6. The van der Waals surface area contributed by atoms with Crippen molar-refractivity contribution in [2.24, 2.45) is 10.9 Å². The monoisotopic (exact) mass is 480 g/mol. The molecular weight excluding hydrogens is 440 g/mol. The zero-order chi connectivity index (χ0) is 24.8. The second-order valence-corrected chi connectivity index (χ2v) is 9.82. The lowest BCUT2D eigenvalue weighted by atomic mass is 9.83. The zero-order valence-corrected chi connectivity index (χ0v) is 21.7. The van der Waals surface area contributed by atoms with E-state index < -0.39 is 0 Å². The predicted molar refractivity (Wildman–Crippen MR) is 142 cm³/mol. The third kappa shape index (κ3) is 5.73. The molecule has 0 bridgehead atoms. The third-order valence-electron chi connectivity index (χ3n) is 7.58. The molecule has 1 aliphatic carbocycles. The van der Waals surface area contributed by atoms with Crippen LogP contribution in [-0.2, 0) is 12.1 Å². The first-order valence-electron chi connectivity index (χ1n) is 12.6. The standard InChI is InChI=1S/C28H40N4O3/c1-28(29-2)16-27(32-24-9-7-6-8-23(24)28)31-20-12-10-19(11-13-20)17-30-18-22-25(34-4)14-21(33-3)15-26(22)35-5/h6-9,14-15,19-20,29-30H,10-13,16-18H2,1-5H3,(H,31,32). The summed E-state index contributed by atoms with van der Waals surface area (Å²) in [6, 6.07) is 12.7. The van der Waals surface area contributed by atoms with E-state index in [-0.39, 0.29) is 5.54 Å². The molecule has 2 aliphatic rings. The Labute approximate surface area is 209 Å². The summed E-state index contributed by atoms with van der Waals surface area (Å²) in [4.78, 5) is 5.16. The van der Waals surface area contributed by atoms with Crippen molar-refractivity contribution >= 4 is 11.5 Å². The van der Waals surface area contributed by atoms with E-state index in [2.05, 4.69) is 47.1 Å². The van der Waals surface area contributed by atoms with E-state index in [9.17, 15) is 0 Å². The van der Waals surface area contributed by atoms with Gasteiger partial charge in [-0.15, -0.1) is 0 Å². The van der Waals surface area contributed by atoms with Crippen LogP contribution in [0.25, 0.3) is 0 Å². The maximum absolute atomic E-state index is 5.58. The first-order chi connectivity index (χ1) is 17.0. The molecule has 1 unspecified atom stereocenters. The summed E-state index contributed by atoms with van der Waals surface area (Å²) in [6.45, 7) is 3.94. The van der Waals surface area contributed by atoms with Crippen LogP contribution in [-0.4, -0.2) is 46.8 Å². The molecule has 1 saturated carbocycles. The number of para-hydroxylation sites is 1. The van der Waals surface area contributed by atoms with Gasteiger partial charge < -0.3 is 30.2 Å². The van der Waals surface area contributed by atoms with E-state index in [1.54, 1.807) is 21.3 Å². The van der Waals surface area contributed by atoms with Gasteiger partial charge in [0.1, 0.15) is 23.1 Å². The van der Waals surface area contributed by atoms with E-state index in [1.165, 1.54) is 18.4 Å². The van der Waals surface area contributed by atoms with Gasteiger partial charge in [0.2, 0.25) is 0 Å². The van der Waals surface area contributed by atoms with Gasteiger partial charge in [0.25, 0.3) is 0 Å². The Kier molecular flexibility index (Phi) is 8.19. The molecule has 2 aromatic carbocycles. The molecule has 1 fully saturated rings. The van der Waals surface area contributed by atoms with Crippen molar-refractivity contribution < 1.29 is 14.2 Å². The van der Waals surface area contributed by atoms with Crippen molar-refractivity contribution in [3.63, 3.8) is 0 Å². The molecule has 0 aromatic heterocycles. The van der Waals surface area contributed by atoms with Gasteiger partial charge in [-0.3, -0.25) is 4.99 Å². The Morgan fingerprint density at radius 3 is 2.31 bits per heavy atom. The molecule has 1 atom stereocenters. The van der Waals surface area contributed by atoms with Gasteiger partial charge in [-0.25, -0.2) is 0 Å². The van der Waals surface area contributed by atoms with Crippen molar-refractivity contribution in [3.05, 3.63) is 47.5 Å². The van der Waals surface area contributed by atoms with Gasteiger partial charge in [-0.05, 0) is 63.7 Å². The highest BCUT2D eigenvalue weighted by Gasteiger charge is 2.34. The van der Waals surface area contributed by atoms with E-state index in [0.29, 0.717) is 18.5 Å². The second kappa shape index (κ2) is 11.3. The molecule has 4 rings (SSSR count). The SMILES string of the molecule is CNC1(C)CC(=NC2CCC(CNCc3c(OC)cc(OC)cc3OC)CC2)Nc2ccccc21. The Bertz CT molecular complexity index is 1010. The fourth-order valence-corrected chi connectivity index (χ4v) is 5.36. The molecule has 0 amide bonds. The highest BCUT2D eigenvalue weighted by molar-refractivity contribution is 5.99. The van der Waals surface area contributed by atoms with Crippen molar-refractivity contribution in [3.8, 4) is 17.2 Å². The minimum Gasteiger partial charge on any atom is -0.496 e. The zero-order valence-electron chi connectivity index (χ0n) is 21.7. The van der Waals surface area contributed by atoms with E-state index in [4.69, 9.17) is 19.2 Å². The van der Waals surface area contributed by atoms with E-state index >= 15 is 0 Å². The fraction of sp³-hybridized carbons (Fsp3) is 0.536. The maximum atomic E-state index is 5.58. The van der Waals surface area contributed by atoms with Crippen LogP contribution in [0.5, 0.6) is 17.2 Å². The van der Waals surface area contributed by atoms with Gasteiger partial charge >= 0.3 is 0 Å². The summed E-state index contributed by atoms with van der Waals surface area (Å²) in [6.07, 6.45) is 5.51. The highest BCUT2D eigenvalue weighted by atomic mass is 16.5. The number of rotatable bonds is 9. The number of ether oxygens (including phenoxy) is 3. The van der Waals surface area contributed by atoms with Crippen LogP contribution < -0.4 is 30.2 Å². The predicted octanol–water partition coefficient (Wildman–Crippen LogP) is 4.71. The van der Waals surface area contributed by atoms with Gasteiger partial charge in [-0.1, -0.05) is 18.2 Å². The molecule has 2 aromatic rings. The van der Waals surface area contributed by atoms with E-state index in [0.717, 1.165) is 60.1 Å². The summed E-state index contributed by atoms with van der Waals surface area (Å²) >= 11 is 0. The van der Waals surface area contributed by atoms with Gasteiger partial charge in [0.15, 0.2) is 0 Å². The average molecular weight is 481 g/mol. The minimum absolute atomic E-state index is 0.0919. The molecule has 1 aliphatic heterocycles. The number of methoxy groups -OCH3 is 3. The van der Waals surface area contributed by atoms with Crippen LogP contribution in [0.2, 0.25) is 0 Å². The summed E-state index contributed by atoms with van der Waals surface area (Å²) < 4.78 is 16.5. The van der Waals surface area contributed by atoms with Crippen molar-refractivity contribution in [1.29, 1.82) is 0 Å². The minimum atomic E-state index is -0.0919. The topological polar surface area (TPSA) is 76.1 Å². The number of aliphatic imine (C=N–C) groups is 1. The second-order valence-electron chi connectivity index (χ2n) is 9.82. The van der Waals surface area contributed by atoms with Crippen LogP contribution >= 0.6 is 0 Å². The van der Waals surface area contributed by atoms with Crippen LogP contribution in [0.15, 0.2) is 41.4 Å². The lowest BCUT2D eigenvalue weighted by Gasteiger charge is -2.37. The smallest absolute Gasteiger partial charge is 0.130 e. The normalized spacial score (nSPS) is 25.0. The van der Waals surface area contributed by atoms with Crippen LogP contribution in [0.4, 0.5) is 5.69 Å². The fourth-order valence-electron chi connectivity index (χ4n) is 5.36. The number of anilines is 1.